The Balaban J connectivity index is 2.08. The standard InChI is InChI=1S/C13H10FN3O2/c1-7-5-18-12-11(7)13(17-6-16-12)19-10-3-2-8(15)4-9(10)14/h2-6H,15H2,1H3. The van der Waals surface area contributed by atoms with Gasteiger partial charge in [0.25, 0.3) is 0 Å². The summed E-state index contributed by atoms with van der Waals surface area (Å²) < 4.78 is 24.4. The molecule has 0 atom stereocenters. The van der Waals surface area contributed by atoms with Crippen LogP contribution in [0.25, 0.3) is 11.1 Å². The van der Waals surface area contributed by atoms with Gasteiger partial charge < -0.3 is 14.9 Å². The van der Waals surface area contributed by atoms with Crippen LogP contribution in [0.1, 0.15) is 5.56 Å². The number of rotatable bonds is 2. The van der Waals surface area contributed by atoms with E-state index in [-0.39, 0.29) is 11.6 Å². The lowest BCUT2D eigenvalue weighted by Gasteiger charge is -2.07. The zero-order valence-electron chi connectivity index (χ0n) is 10.1. The van der Waals surface area contributed by atoms with Crippen molar-refractivity contribution < 1.29 is 13.5 Å². The van der Waals surface area contributed by atoms with Crippen LogP contribution in [0.15, 0.2) is 35.2 Å². The minimum absolute atomic E-state index is 0.0507. The number of hydrogen-bond donors (Lipinski definition) is 1. The molecule has 0 aliphatic carbocycles. The molecule has 2 aromatic heterocycles. The molecule has 3 aromatic rings. The van der Waals surface area contributed by atoms with Crippen molar-refractivity contribution in [2.45, 2.75) is 6.92 Å². The molecular formula is C13H10FN3O2. The SMILES string of the molecule is Cc1coc2ncnc(Oc3ccc(N)cc3F)c12. The molecule has 0 amide bonds. The highest BCUT2D eigenvalue weighted by Gasteiger charge is 2.14. The van der Waals surface area contributed by atoms with Gasteiger partial charge >= 0.3 is 0 Å². The highest BCUT2D eigenvalue weighted by atomic mass is 19.1. The van der Waals surface area contributed by atoms with E-state index in [2.05, 4.69) is 9.97 Å². The Morgan fingerprint density at radius 2 is 2.16 bits per heavy atom. The van der Waals surface area contributed by atoms with Gasteiger partial charge in [0.05, 0.1) is 6.26 Å². The first-order valence-electron chi connectivity index (χ1n) is 5.57. The van der Waals surface area contributed by atoms with E-state index < -0.39 is 5.82 Å². The Labute approximate surface area is 107 Å². The Morgan fingerprint density at radius 3 is 2.95 bits per heavy atom. The number of fused-ring (bicyclic) bond motifs is 1. The minimum Gasteiger partial charge on any atom is -0.446 e. The molecule has 0 fully saturated rings. The fourth-order valence-corrected chi connectivity index (χ4v) is 1.77. The molecular weight excluding hydrogens is 249 g/mol. The average Bonchev–Trinajstić information content (AvgIpc) is 2.76. The van der Waals surface area contributed by atoms with Gasteiger partial charge in [-0.15, -0.1) is 0 Å². The number of nitrogens with two attached hydrogens (primary N) is 1. The normalized spacial score (nSPS) is 10.8. The molecule has 5 nitrogen and oxygen atoms in total. The average molecular weight is 259 g/mol. The molecule has 0 aliphatic rings. The predicted molar refractivity (Wildman–Crippen MR) is 67.4 cm³/mol. The second-order valence-electron chi connectivity index (χ2n) is 4.07. The predicted octanol–water partition coefficient (Wildman–Crippen LogP) is 3.04. The summed E-state index contributed by atoms with van der Waals surface area (Å²) in [4.78, 5) is 7.98. The Kier molecular flexibility index (Phi) is 2.56. The van der Waals surface area contributed by atoms with Crippen LogP contribution in [0.3, 0.4) is 0 Å². The van der Waals surface area contributed by atoms with Gasteiger partial charge in [-0.25, -0.2) is 14.4 Å². The van der Waals surface area contributed by atoms with Crippen LogP contribution < -0.4 is 10.5 Å². The lowest BCUT2D eigenvalue weighted by Crippen LogP contribution is -1.94. The third-order valence-electron chi connectivity index (χ3n) is 2.68. The second kappa shape index (κ2) is 4.24. The molecule has 96 valence electrons. The van der Waals surface area contributed by atoms with Crippen molar-refractivity contribution in [2.75, 3.05) is 5.73 Å². The molecule has 0 saturated carbocycles. The van der Waals surface area contributed by atoms with Crippen LogP contribution in [0.5, 0.6) is 11.6 Å². The summed E-state index contributed by atoms with van der Waals surface area (Å²) in [7, 11) is 0. The highest BCUT2D eigenvalue weighted by Crippen LogP contribution is 2.31. The van der Waals surface area contributed by atoms with Crippen LogP contribution in [-0.2, 0) is 0 Å². The van der Waals surface area contributed by atoms with Crippen molar-refractivity contribution in [1.29, 1.82) is 0 Å². The van der Waals surface area contributed by atoms with Gasteiger partial charge in [0.15, 0.2) is 11.6 Å². The molecule has 6 heteroatoms. The van der Waals surface area contributed by atoms with Gasteiger partial charge in [-0.1, -0.05) is 0 Å². The van der Waals surface area contributed by atoms with Crippen molar-refractivity contribution in [2.24, 2.45) is 0 Å². The molecule has 0 spiro atoms. The van der Waals surface area contributed by atoms with E-state index in [1.165, 1.54) is 18.5 Å². The summed E-state index contributed by atoms with van der Waals surface area (Å²) in [6.07, 6.45) is 2.85. The third kappa shape index (κ3) is 1.97. The van der Waals surface area contributed by atoms with E-state index in [1.807, 2.05) is 6.92 Å². The molecule has 0 radical (unpaired) electrons. The van der Waals surface area contributed by atoms with Crippen molar-refractivity contribution in [3.63, 3.8) is 0 Å². The number of nitrogens with zero attached hydrogens (tertiary/aromatic N) is 2. The molecule has 0 saturated heterocycles. The van der Waals surface area contributed by atoms with Gasteiger partial charge in [0, 0.05) is 17.3 Å². The minimum atomic E-state index is -0.548. The molecule has 0 aliphatic heterocycles. The first kappa shape index (κ1) is 11.5. The molecule has 0 bridgehead atoms. The Bertz CT molecular complexity index is 755. The molecule has 19 heavy (non-hydrogen) atoms. The number of aromatic nitrogens is 2. The van der Waals surface area contributed by atoms with Crippen LogP contribution in [0.2, 0.25) is 0 Å². The van der Waals surface area contributed by atoms with Crippen molar-refractivity contribution in [1.82, 2.24) is 9.97 Å². The Hall–Kier alpha value is -2.63. The number of halogens is 1. The zero-order valence-corrected chi connectivity index (χ0v) is 10.1. The molecule has 2 N–H and O–H groups in total. The molecule has 2 heterocycles. The fourth-order valence-electron chi connectivity index (χ4n) is 1.77. The van der Waals surface area contributed by atoms with E-state index in [1.54, 1.807) is 12.3 Å². The van der Waals surface area contributed by atoms with E-state index >= 15 is 0 Å². The number of nitrogen functional groups attached to an aromatic ring is 1. The maximum Gasteiger partial charge on any atom is 0.234 e. The van der Waals surface area contributed by atoms with Crippen molar-refractivity contribution in [3.8, 4) is 11.6 Å². The molecule has 0 unspecified atom stereocenters. The number of furan rings is 1. The summed E-state index contributed by atoms with van der Waals surface area (Å²) in [6.45, 7) is 1.83. The number of anilines is 1. The number of benzene rings is 1. The Morgan fingerprint density at radius 1 is 1.32 bits per heavy atom. The maximum absolute atomic E-state index is 13.7. The smallest absolute Gasteiger partial charge is 0.234 e. The topological polar surface area (TPSA) is 74.2 Å². The highest BCUT2D eigenvalue weighted by molar-refractivity contribution is 5.82. The fraction of sp³-hybridized carbons (Fsp3) is 0.0769. The van der Waals surface area contributed by atoms with Gasteiger partial charge in [-0.2, -0.15) is 0 Å². The first-order valence-corrected chi connectivity index (χ1v) is 5.57. The number of ether oxygens (including phenoxy) is 1. The van der Waals surface area contributed by atoms with Crippen LogP contribution in [-0.4, -0.2) is 9.97 Å². The molecule has 1 aromatic carbocycles. The van der Waals surface area contributed by atoms with Gasteiger partial charge in [-0.3, -0.25) is 0 Å². The first-order chi connectivity index (χ1) is 9.15. The van der Waals surface area contributed by atoms with Gasteiger partial charge in [0.2, 0.25) is 11.6 Å². The number of hydrogen-bond acceptors (Lipinski definition) is 5. The quantitative estimate of drug-likeness (QED) is 0.716. The second-order valence-corrected chi connectivity index (χ2v) is 4.07. The maximum atomic E-state index is 13.7. The van der Waals surface area contributed by atoms with Crippen LogP contribution >= 0.6 is 0 Å². The van der Waals surface area contributed by atoms with Crippen molar-refractivity contribution in [3.05, 3.63) is 42.2 Å². The summed E-state index contributed by atoms with van der Waals surface area (Å²) in [5.41, 5.74) is 7.04. The lowest BCUT2D eigenvalue weighted by molar-refractivity contribution is 0.431. The van der Waals surface area contributed by atoms with Crippen molar-refractivity contribution >= 4 is 16.8 Å². The van der Waals surface area contributed by atoms with Crippen LogP contribution in [0, 0.1) is 12.7 Å². The van der Waals surface area contributed by atoms with E-state index in [4.69, 9.17) is 14.9 Å². The summed E-state index contributed by atoms with van der Waals surface area (Å²) in [6, 6.07) is 4.20. The summed E-state index contributed by atoms with van der Waals surface area (Å²) in [5, 5.41) is 0.624. The summed E-state index contributed by atoms with van der Waals surface area (Å²) >= 11 is 0. The number of aryl methyl sites for hydroxylation is 1. The van der Waals surface area contributed by atoms with Gasteiger partial charge in [-0.05, 0) is 19.1 Å². The summed E-state index contributed by atoms with van der Waals surface area (Å²) in [5.74, 6) is -0.248. The third-order valence-corrected chi connectivity index (χ3v) is 2.68. The lowest BCUT2D eigenvalue weighted by atomic mass is 10.2. The largest absolute Gasteiger partial charge is 0.446 e. The van der Waals surface area contributed by atoms with E-state index in [0.717, 1.165) is 5.56 Å². The van der Waals surface area contributed by atoms with E-state index in [9.17, 15) is 4.39 Å². The molecule has 3 rings (SSSR count). The van der Waals surface area contributed by atoms with E-state index in [0.29, 0.717) is 16.8 Å². The monoisotopic (exact) mass is 259 g/mol. The van der Waals surface area contributed by atoms with Gasteiger partial charge in [0.1, 0.15) is 11.7 Å². The zero-order chi connectivity index (χ0) is 13.4. The van der Waals surface area contributed by atoms with Crippen LogP contribution in [0.4, 0.5) is 10.1 Å².